The number of hydrogen-bond acceptors (Lipinski definition) is 2. The highest BCUT2D eigenvalue weighted by molar-refractivity contribution is 5.94. The second kappa shape index (κ2) is 3.30. The van der Waals surface area contributed by atoms with Crippen molar-refractivity contribution in [1.29, 1.82) is 0 Å². The van der Waals surface area contributed by atoms with Crippen LogP contribution in [0.15, 0.2) is 6.07 Å². The Bertz CT molecular complexity index is 353. The maximum atomic E-state index is 10.6. The highest BCUT2D eigenvalue weighted by Gasteiger charge is 2.15. The fraction of sp³-hybridized carbons (Fsp3) is 0.250. The van der Waals surface area contributed by atoms with Crippen LogP contribution < -0.4 is 0 Å². The van der Waals surface area contributed by atoms with E-state index in [1.165, 1.54) is 0 Å². The van der Waals surface area contributed by atoms with Gasteiger partial charge in [0.05, 0.1) is 5.56 Å². The second-order valence-corrected chi connectivity index (χ2v) is 2.54. The Morgan fingerprint density at radius 2 is 2.00 bits per heavy atom. The molecule has 0 bridgehead atoms. The van der Waals surface area contributed by atoms with Crippen LogP contribution in [-0.2, 0) is 6.42 Å². The fourth-order valence-electron chi connectivity index (χ4n) is 1.08. The van der Waals surface area contributed by atoms with Crippen molar-refractivity contribution in [2.75, 3.05) is 0 Å². The number of carbonyl (C=O) groups is 2. The van der Waals surface area contributed by atoms with E-state index < -0.39 is 11.9 Å². The molecule has 5 nitrogen and oxygen atoms in total. The molecule has 3 N–H and O–H groups in total. The Morgan fingerprint density at radius 1 is 1.38 bits per heavy atom. The van der Waals surface area contributed by atoms with Gasteiger partial charge in [-0.2, -0.15) is 0 Å². The molecule has 70 valence electrons. The Hall–Kier alpha value is -1.78. The molecule has 0 aliphatic heterocycles. The number of carboxylic acid groups (broad SMARTS) is 2. The van der Waals surface area contributed by atoms with Gasteiger partial charge in [-0.25, -0.2) is 9.59 Å². The zero-order chi connectivity index (χ0) is 10.0. The fourth-order valence-corrected chi connectivity index (χ4v) is 1.08. The maximum Gasteiger partial charge on any atom is 0.352 e. The van der Waals surface area contributed by atoms with Crippen molar-refractivity contribution in [2.45, 2.75) is 13.3 Å². The average molecular weight is 183 g/mol. The molecule has 13 heavy (non-hydrogen) atoms. The van der Waals surface area contributed by atoms with Gasteiger partial charge in [0.25, 0.3) is 0 Å². The molecule has 1 aromatic rings. The van der Waals surface area contributed by atoms with Crippen LogP contribution in [0, 0.1) is 0 Å². The Kier molecular flexibility index (Phi) is 2.36. The molecule has 5 heteroatoms. The molecule has 0 aliphatic rings. The average Bonchev–Trinajstić information content (AvgIpc) is 2.47. The van der Waals surface area contributed by atoms with E-state index in [4.69, 9.17) is 10.2 Å². The normalized spacial score (nSPS) is 9.92. The number of rotatable bonds is 3. The molecule has 0 unspecified atom stereocenters. The standard InChI is InChI=1S/C8H9NO4/c1-2-5-4(7(10)11)3-6(9-5)8(12)13/h3,9H,2H2,1H3,(H,10,11)(H,12,13). The van der Waals surface area contributed by atoms with E-state index in [-0.39, 0.29) is 11.3 Å². The minimum absolute atomic E-state index is 0.0277. The van der Waals surface area contributed by atoms with Crippen LogP contribution >= 0.6 is 0 Å². The third-order valence-corrected chi connectivity index (χ3v) is 1.71. The summed E-state index contributed by atoms with van der Waals surface area (Å²) in [7, 11) is 0. The van der Waals surface area contributed by atoms with E-state index in [0.717, 1.165) is 6.07 Å². The molecule has 0 aromatic carbocycles. The smallest absolute Gasteiger partial charge is 0.352 e. The van der Waals surface area contributed by atoms with Crippen molar-refractivity contribution >= 4 is 11.9 Å². The van der Waals surface area contributed by atoms with Crippen LogP contribution in [0.2, 0.25) is 0 Å². The summed E-state index contributed by atoms with van der Waals surface area (Å²) in [4.78, 5) is 23.6. The van der Waals surface area contributed by atoms with Gasteiger partial charge >= 0.3 is 11.9 Å². The third kappa shape index (κ3) is 1.69. The van der Waals surface area contributed by atoms with Gasteiger partial charge in [0, 0.05) is 5.69 Å². The number of nitrogens with one attached hydrogen (secondary N) is 1. The molecule has 1 heterocycles. The molecule has 0 atom stereocenters. The lowest BCUT2D eigenvalue weighted by atomic mass is 10.2. The predicted octanol–water partition coefficient (Wildman–Crippen LogP) is 0.974. The number of aryl methyl sites for hydroxylation is 1. The van der Waals surface area contributed by atoms with Crippen LogP contribution in [0.1, 0.15) is 33.5 Å². The molecule has 0 amide bonds. The van der Waals surface area contributed by atoms with Gasteiger partial charge in [0.1, 0.15) is 5.69 Å². The number of aromatic nitrogens is 1. The van der Waals surface area contributed by atoms with Crippen LogP contribution in [0.4, 0.5) is 0 Å². The lowest BCUT2D eigenvalue weighted by Gasteiger charge is -1.92. The van der Waals surface area contributed by atoms with Gasteiger partial charge in [-0.1, -0.05) is 6.92 Å². The number of H-pyrrole nitrogens is 1. The Labute approximate surface area is 74.0 Å². The van der Waals surface area contributed by atoms with Crippen molar-refractivity contribution in [3.05, 3.63) is 23.0 Å². The molecule has 0 spiro atoms. The van der Waals surface area contributed by atoms with E-state index in [2.05, 4.69) is 4.98 Å². The third-order valence-electron chi connectivity index (χ3n) is 1.71. The number of hydrogen-bond donors (Lipinski definition) is 3. The van der Waals surface area contributed by atoms with Crippen LogP contribution in [-0.4, -0.2) is 27.1 Å². The first-order valence-electron chi connectivity index (χ1n) is 3.74. The quantitative estimate of drug-likeness (QED) is 0.651. The molecule has 1 aromatic heterocycles. The summed E-state index contributed by atoms with van der Waals surface area (Å²) in [5.41, 5.74) is 0.374. The first kappa shape index (κ1) is 9.31. The molecule has 0 saturated heterocycles. The van der Waals surface area contributed by atoms with Crippen molar-refractivity contribution in [3.63, 3.8) is 0 Å². The van der Waals surface area contributed by atoms with Gasteiger partial charge in [-0.05, 0) is 12.5 Å². The molecule has 0 fully saturated rings. The lowest BCUT2D eigenvalue weighted by molar-refractivity contribution is 0.0687. The summed E-state index contributed by atoms with van der Waals surface area (Å²) in [6.07, 6.45) is 0.467. The summed E-state index contributed by atoms with van der Waals surface area (Å²) >= 11 is 0. The topological polar surface area (TPSA) is 90.4 Å². The van der Waals surface area contributed by atoms with E-state index in [1.54, 1.807) is 6.92 Å². The van der Waals surface area contributed by atoms with Crippen molar-refractivity contribution in [3.8, 4) is 0 Å². The molecule has 0 aliphatic carbocycles. The SMILES string of the molecule is CCc1[nH]c(C(=O)O)cc1C(=O)O. The maximum absolute atomic E-state index is 10.6. The van der Waals surface area contributed by atoms with E-state index in [0.29, 0.717) is 12.1 Å². The highest BCUT2D eigenvalue weighted by Crippen LogP contribution is 2.11. The van der Waals surface area contributed by atoms with Crippen molar-refractivity contribution in [2.24, 2.45) is 0 Å². The van der Waals surface area contributed by atoms with Gasteiger partial charge in [-0.3, -0.25) is 0 Å². The van der Waals surface area contributed by atoms with Crippen molar-refractivity contribution < 1.29 is 19.8 Å². The predicted molar refractivity (Wildman–Crippen MR) is 44.1 cm³/mol. The largest absolute Gasteiger partial charge is 0.478 e. The lowest BCUT2D eigenvalue weighted by Crippen LogP contribution is -1.98. The van der Waals surface area contributed by atoms with E-state index in [9.17, 15) is 9.59 Å². The minimum Gasteiger partial charge on any atom is -0.478 e. The first-order chi connectivity index (χ1) is 6.06. The van der Waals surface area contributed by atoms with Gasteiger partial charge in [-0.15, -0.1) is 0 Å². The first-order valence-corrected chi connectivity index (χ1v) is 3.74. The zero-order valence-corrected chi connectivity index (χ0v) is 7.00. The summed E-state index contributed by atoms with van der Waals surface area (Å²) in [5.74, 6) is -2.26. The molecular formula is C8H9NO4. The Morgan fingerprint density at radius 3 is 2.31 bits per heavy atom. The number of carboxylic acids is 2. The molecule has 1 rings (SSSR count). The van der Waals surface area contributed by atoms with Crippen LogP contribution in [0.3, 0.4) is 0 Å². The highest BCUT2D eigenvalue weighted by atomic mass is 16.4. The summed E-state index contributed by atoms with van der Waals surface area (Å²) in [6, 6.07) is 1.13. The van der Waals surface area contributed by atoms with E-state index in [1.807, 2.05) is 0 Å². The zero-order valence-electron chi connectivity index (χ0n) is 7.00. The summed E-state index contributed by atoms with van der Waals surface area (Å²) < 4.78 is 0. The summed E-state index contributed by atoms with van der Waals surface area (Å²) in [5, 5.41) is 17.3. The van der Waals surface area contributed by atoms with Crippen molar-refractivity contribution in [1.82, 2.24) is 4.98 Å². The molecule has 0 radical (unpaired) electrons. The minimum atomic E-state index is -1.15. The van der Waals surface area contributed by atoms with Gasteiger partial charge in [0.15, 0.2) is 0 Å². The van der Waals surface area contributed by atoms with Gasteiger partial charge < -0.3 is 15.2 Å². The second-order valence-electron chi connectivity index (χ2n) is 2.54. The monoisotopic (exact) mass is 183 g/mol. The molecular weight excluding hydrogens is 174 g/mol. The van der Waals surface area contributed by atoms with Crippen LogP contribution in [0.5, 0.6) is 0 Å². The van der Waals surface area contributed by atoms with Gasteiger partial charge in [0.2, 0.25) is 0 Å². The number of aromatic carboxylic acids is 2. The number of aromatic amines is 1. The van der Waals surface area contributed by atoms with E-state index >= 15 is 0 Å². The summed E-state index contributed by atoms with van der Waals surface area (Å²) in [6.45, 7) is 1.75. The van der Waals surface area contributed by atoms with Crippen LogP contribution in [0.25, 0.3) is 0 Å². The molecule has 0 saturated carbocycles. The Balaban J connectivity index is 3.19.